The van der Waals surface area contributed by atoms with Gasteiger partial charge in [0.05, 0.1) is 43.2 Å². The lowest BCUT2D eigenvalue weighted by Gasteiger charge is -2.44. The fourth-order valence-electron chi connectivity index (χ4n) is 7.51. The first-order chi connectivity index (χ1) is 25.9. The van der Waals surface area contributed by atoms with Gasteiger partial charge in [0.25, 0.3) is 0 Å². The number of fused-ring (bicyclic) bond motifs is 3. The third kappa shape index (κ3) is 7.25. The number of carbonyl (C=O) groups is 2. The molecule has 16 atom stereocenters. The van der Waals surface area contributed by atoms with Crippen molar-refractivity contribution >= 4 is 18.0 Å². The molecule has 7 rings (SSSR count). The Balaban J connectivity index is 1.14. The number of ether oxygens (including phenoxy) is 8. The van der Waals surface area contributed by atoms with E-state index in [0.717, 1.165) is 6.08 Å². The van der Waals surface area contributed by atoms with Crippen molar-refractivity contribution in [1.29, 1.82) is 0 Å². The van der Waals surface area contributed by atoms with Gasteiger partial charge in [-0.3, -0.25) is 0 Å². The predicted octanol–water partition coefficient (Wildman–Crippen LogP) is -0.904. The van der Waals surface area contributed by atoms with E-state index in [1.807, 2.05) is 0 Å². The second-order valence-corrected chi connectivity index (χ2v) is 13.8. The zero-order valence-electron chi connectivity index (χ0n) is 28.8. The van der Waals surface area contributed by atoms with Crippen LogP contribution < -0.4 is 0 Å². The summed E-state index contributed by atoms with van der Waals surface area (Å²) in [6.45, 7) is 0.315. The van der Waals surface area contributed by atoms with E-state index in [0.29, 0.717) is 5.56 Å². The lowest BCUT2D eigenvalue weighted by Crippen LogP contribution is -2.61. The van der Waals surface area contributed by atoms with Crippen LogP contribution in [0.15, 0.2) is 73.0 Å². The number of carbonyl (C=O) groups excluding carboxylic acids is 2. The van der Waals surface area contributed by atoms with Crippen molar-refractivity contribution in [3.8, 4) is 5.75 Å². The van der Waals surface area contributed by atoms with Gasteiger partial charge in [-0.1, -0.05) is 30.3 Å². The van der Waals surface area contributed by atoms with Crippen LogP contribution in [-0.2, 0) is 42.7 Å². The Morgan fingerprint density at radius 3 is 2.26 bits per heavy atom. The van der Waals surface area contributed by atoms with Crippen LogP contribution in [0.5, 0.6) is 5.75 Å². The molecule has 4 fully saturated rings. The van der Waals surface area contributed by atoms with Gasteiger partial charge >= 0.3 is 11.9 Å². The number of rotatable bonds is 11. The van der Waals surface area contributed by atoms with Crippen LogP contribution in [0.1, 0.15) is 22.8 Å². The Kier molecular flexibility index (Phi) is 11.1. The molecule has 7 N–H and O–H groups in total. The smallest absolute Gasteiger partial charge is 0.338 e. The Bertz CT molecular complexity index is 1680. The molecule has 292 valence electrons. The zero-order chi connectivity index (χ0) is 38.3. The summed E-state index contributed by atoms with van der Waals surface area (Å²) in [5.74, 6) is -3.11. The molecule has 3 saturated heterocycles. The van der Waals surface area contributed by atoms with E-state index in [4.69, 9.17) is 37.9 Å². The summed E-state index contributed by atoms with van der Waals surface area (Å²) >= 11 is 0. The third-order valence-corrected chi connectivity index (χ3v) is 10.5. The van der Waals surface area contributed by atoms with Crippen molar-refractivity contribution in [2.24, 2.45) is 11.8 Å². The van der Waals surface area contributed by atoms with E-state index in [1.165, 1.54) is 43.5 Å². The van der Waals surface area contributed by atoms with Crippen molar-refractivity contribution in [2.45, 2.75) is 92.4 Å². The van der Waals surface area contributed by atoms with Gasteiger partial charge in [0.1, 0.15) is 48.0 Å². The largest absolute Gasteiger partial charge is 0.508 e. The van der Waals surface area contributed by atoms with Crippen molar-refractivity contribution < 1.29 is 83.2 Å². The van der Waals surface area contributed by atoms with Crippen LogP contribution in [0, 0.1) is 11.8 Å². The highest BCUT2D eigenvalue weighted by atomic mass is 16.8. The quantitative estimate of drug-likeness (QED) is 0.0833. The van der Waals surface area contributed by atoms with Crippen LogP contribution in [0.3, 0.4) is 0 Å². The summed E-state index contributed by atoms with van der Waals surface area (Å²) in [6.07, 6.45) is -12.3. The average Bonchev–Trinajstić information content (AvgIpc) is 3.85. The van der Waals surface area contributed by atoms with Gasteiger partial charge in [-0.15, -0.1) is 0 Å². The Labute approximate surface area is 308 Å². The summed E-state index contributed by atoms with van der Waals surface area (Å²) in [5.41, 5.74) is -0.558. The molecule has 1 aliphatic carbocycles. The summed E-state index contributed by atoms with van der Waals surface area (Å²) in [4.78, 5) is 26.6. The molecule has 1 saturated carbocycles. The standard InChI is InChI=1S/C37H42O17/c1-17-25(42)30(50-23(41)12-9-18-7-10-20(40)11-8-18)31(51-33(46)19-5-3-2-4-6-19)36(48-17)52-29-21-13-14-47-34(24(21)37(16-39)32(29)54-37)53-35-28(45)27(44)26(43)22(15-38)49-35/h2-14,17,21-22,24-32,34-36,38-40,42-45H,15-16H2,1H3. The first-order valence-electron chi connectivity index (χ1n) is 17.4. The molecule has 5 aliphatic rings. The molecule has 17 heteroatoms. The molecule has 4 heterocycles. The van der Waals surface area contributed by atoms with E-state index < -0.39 is 122 Å². The van der Waals surface area contributed by atoms with Gasteiger partial charge in [-0.25, -0.2) is 9.59 Å². The Hall–Kier alpha value is -3.98. The molecule has 17 nitrogen and oxygen atoms in total. The van der Waals surface area contributed by atoms with Crippen molar-refractivity contribution in [2.75, 3.05) is 13.2 Å². The number of benzene rings is 2. The monoisotopic (exact) mass is 758 g/mol. The molecule has 16 unspecified atom stereocenters. The van der Waals surface area contributed by atoms with Crippen molar-refractivity contribution in [3.63, 3.8) is 0 Å². The number of hydrogen-bond donors (Lipinski definition) is 7. The number of hydrogen-bond acceptors (Lipinski definition) is 17. The van der Waals surface area contributed by atoms with Gasteiger partial charge in [-0.05, 0) is 48.9 Å². The summed E-state index contributed by atoms with van der Waals surface area (Å²) in [7, 11) is 0. The van der Waals surface area contributed by atoms with Gasteiger partial charge < -0.3 is 73.6 Å². The maximum Gasteiger partial charge on any atom is 0.338 e. The molecule has 0 bridgehead atoms. The molecular weight excluding hydrogens is 716 g/mol. The lowest BCUT2D eigenvalue weighted by atomic mass is 9.85. The average molecular weight is 759 g/mol. The van der Waals surface area contributed by atoms with Crippen LogP contribution in [0.2, 0.25) is 0 Å². The minimum atomic E-state index is -1.73. The van der Waals surface area contributed by atoms with Gasteiger partial charge in [0.15, 0.2) is 24.8 Å². The first kappa shape index (κ1) is 38.3. The highest BCUT2D eigenvalue weighted by Crippen LogP contribution is 2.61. The second kappa shape index (κ2) is 15.6. The summed E-state index contributed by atoms with van der Waals surface area (Å²) in [5, 5.41) is 72.2. The molecule has 0 amide bonds. The van der Waals surface area contributed by atoms with Crippen molar-refractivity contribution in [1.82, 2.24) is 0 Å². The highest BCUT2D eigenvalue weighted by molar-refractivity contribution is 5.89. The minimum absolute atomic E-state index is 0.0395. The Morgan fingerprint density at radius 1 is 0.815 bits per heavy atom. The number of epoxide rings is 1. The molecule has 2 aromatic carbocycles. The number of aliphatic hydroxyl groups is 6. The van der Waals surface area contributed by atoms with Gasteiger partial charge in [0.2, 0.25) is 6.29 Å². The second-order valence-electron chi connectivity index (χ2n) is 13.8. The number of aromatic hydroxyl groups is 1. The van der Waals surface area contributed by atoms with E-state index in [2.05, 4.69) is 0 Å². The molecule has 0 spiro atoms. The summed E-state index contributed by atoms with van der Waals surface area (Å²) in [6, 6.07) is 14.0. The fourth-order valence-corrected chi connectivity index (χ4v) is 7.51. The highest BCUT2D eigenvalue weighted by Gasteiger charge is 2.77. The third-order valence-electron chi connectivity index (χ3n) is 10.5. The van der Waals surface area contributed by atoms with Crippen molar-refractivity contribution in [3.05, 3.63) is 84.1 Å². The maximum absolute atomic E-state index is 13.4. The van der Waals surface area contributed by atoms with Gasteiger partial charge in [0, 0.05) is 12.0 Å². The number of phenols is 1. The number of esters is 2. The zero-order valence-corrected chi connectivity index (χ0v) is 28.8. The predicted molar refractivity (Wildman–Crippen MR) is 178 cm³/mol. The molecule has 0 radical (unpaired) electrons. The minimum Gasteiger partial charge on any atom is -0.508 e. The van der Waals surface area contributed by atoms with Crippen LogP contribution in [0.4, 0.5) is 0 Å². The van der Waals surface area contributed by atoms with E-state index >= 15 is 0 Å². The van der Waals surface area contributed by atoms with Crippen LogP contribution in [-0.4, -0.2) is 146 Å². The molecule has 4 aliphatic heterocycles. The van der Waals surface area contributed by atoms with Crippen LogP contribution >= 0.6 is 0 Å². The topological polar surface area (TPSA) is 253 Å². The van der Waals surface area contributed by atoms with E-state index in [9.17, 15) is 45.3 Å². The number of phenolic OH excluding ortho intramolecular Hbond substituents is 1. The van der Waals surface area contributed by atoms with E-state index in [-0.39, 0.29) is 11.3 Å². The maximum atomic E-state index is 13.4. The molecule has 0 aromatic heterocycles. The SMILES string of the molecule is CC1OC(OC2C3C=COC(OC4OC(CO)C(O)C(O)C4O)C3C3(CO)OC23)C(OC(=O)c2ccccc2)C(OC(=O)C=Cc2ccc(O)cc2)C1O. The Morgan fingerprint density at radius 2 is 1.56 bits per heavy atom. The summed E-state index contributed by atoms with van der Waals surface area (Å²) < 4.78 is 47.4. The van der Waals surface area contributed by atoms with E-state index in [1.54, 1.807) is 36.4 Å². The normalized spacial score (nSPS) is 41.1. The number of aliphatic hydroxyl groups excluding tert-OH is 6. The lowest BCUT2D eigenvalue weighted by molar-refractivity contribution is -0.346. The molecular formula is C37H42O17. The van der Waals surface area contributed by atoms with Crippen LogP contribution in [0.25, 0.3) is 6.08 Å². The van der Waals surface area contributed by atoms with Gasteiger partial charge in [-0.2, -0.15) is 0 Å². The first-order valence-corrected chi connectivity index (χ1v) is 17.4. The fraction of sp³-hybridized carbons (Fsp3) is 0.514. The molecule has 2 aromatic rings. The molecule has 54 heavy (non-hydrogen) atoms.